The summed E-state index contributed by atoms with van der Waals surface area (Å²) >= 11 is 0. The first-order valence-corrected chi connectivity index (χ1v) is 4.34. The van der Waals surface area contributed by atoms with Gasteiger partial charge in [0, 0.05) is 13.2 Å². The quantitative estimate of drug-likeness (QED) is 0.629. The molecule has 1 rings (SSSR count). The molecule has 0 radical (unpaired) electrons. The zero-order valence-electron chi connectivity index (χ0n) is 9.13. The van der Waals surface area contributed by atoms with E-state index in [9.17, 15) is 0 Å². The monoisotopic (exact) mass is 180 g/mol. The molecule has 0 aliphatic rings. The van der Waals surface area contributed by atoms with Crippen LogP contribution in [0.5, 0.6) is 0 Å². The highest BCUT2D eigenvalue weighted by molar-refractivity contribution is 5.58. The number of quaternary nitrogens is 1. The smallest absolute Gasteiger partial charge is 0.135 e. The largest absolute Gasteiger partial charge is 0.298 e. The molecule has 72 valence electrons. The van der Waals surface area contributed by atoms with Crippen LogP contribution in [0.15, 0.2) is 12.8 Å². The topological polar surface area (TPSA) is 17.8 Å². The Morgan fingerprint density at radius 1 is 1.46 bits per heavy atom. The Labute approximate surface area is 79.9 Å². The lowest BCUT2D eigenvalue weighted by Crippen LogP contribution is -2.31. The van der Waals surface area contributed by atoms with Gasteiger partial charge in [-0.2, -0.15) is 5.10 Å². The fourth-order valence-electron chi connectivity index (χ4n) is 1.24. The van der Waals surface area contributed by atoms with Crippen molar-refractivity contribution in [3.63, 3.8) is 0 Å². The molecule has 0 atom stereocenters. The predicted octanol–water partition coefficient (Wildman–Crippen LogP) is 1.41. The summed E-state index contributed by atoms with van der Waals surface area (Å²) in [7, 11) is 8.25. The molecule has 1 heterocycles. The first kappa shape index (κ1) is 9.99. The molecule has 3 heteroatoms. The SMILES string of the molecule is C=C(c1cn(C)nc1C)[N+](C)(C)C. The van der Waals surface area contributed by atoms with Gasteiger partial charge < -0.3 is 0 Å². The molecule has 3 nitrogen and oxygen atoms in total. The van der Waals surface area contributed by atoms with E-state index in [4.69, 9.17) is 0 Å². The van der Waals surface area contributed by atoms with Crippen LogP contribution in [0.2, 0.25) is 0 Å². The van der Waals surface area contributed by atoms with Crippen LogP contribution in [0.25, 0.3) is 5.70 Å². The van der Waals surface area contributed by atoms with Crippen LogP contribution < -0.4 is 0 Å². The van der Waals surface area contributed by atoms with E-state index >= 15 is 0 Å². The van der Waals surface area contributed by atoms with Crippen LogP contribution >= 0.6 is 0 Å². The third-order valence-electron chi connectivity index (χ3n) is 2.13. The van der Waals surface area contributed by atoms with Crippen molar-refractivity contribution in [3.8, 4) is 0 Å². The number of hydrogen-bond donors (Lipinski definition) is 0. The van der Waals surface area contributed by atoms with Gasteiger partial charge in [-0.1, -0.05) is 0 Å². The molecule has 0 unspecified atom stereocenters. The Morgan fingerprint density at radius 2 is 2.00 bits per heavy atom. The van der Waals surface area contributed by atoms with Gasteiger partial charge in [0.25, 0.3) is 0 Å². The number of nitrogens with zero attached hydrogens (tertiary/aromatic N) is 3. The van der Waals surface area contributed by atoms with Crippen molar-refractivity contribution in [1.29, 1.82) is 0 Å². The molecule has 0 bridgehead atoms. The van der Waals surface area contributed by atoms with Gasteiger partial charge in [0.05, 0.1) is 32.4 Å². The summed E-state index contributed by atoms with van der Waals surface area (Å²) in [5.41, 5.74) is 3.28. The van der Waals surface area contributed by atoms with E-state index < -0.39 is 0 Å². The van der Waals surface area contributed by atoms with Crippen LogP contribution in [0.3, 0.4) is 0 Å². The fourth-order valence-corrected chi connectivity index (χ4v) is 1.24. The van der Waals surface area contributed by atoms with Crippen LogP contribution in [0.4, 0.5) is 0 Å². The molecule has 0 amide bonds. The standard InChI is InChI=1S/C10H18N3/c1-8-10(7-12(3)11-8)9(2)13(4,5)6/h7H,2H2,1,3-6H3/q+1. The van der Waals surface area contributed by atoms with E-state index in [2.05, 4.69) is 32.8 Å². The summed E-state index contributed by atoms with van der Waals surface area (Å²) in [6.45, 7) is 6.10. The van der Waals surface area contributed by atoms with Crippen LogP contribution in [0, 0.1) is 6.92 Å². The lowest BCUT2D eigenvalue weighted by Gasteiger charge is -2.25. The average Bonchev–Trinajstić information content (AvgIpc) is 2.26. The summed E-state index contributed by atoms with van der Waals surface area (Å²) in [4.78, 5) is 0. The Hall–Kier alpha value is -1.09. The summed E-state index contributed by atoms with van der Waals surface area (Å²) in [6, 6.07) is 0. The minimum atomic E-state index is 0.743. The van der Waals surface area contributed by atoms with Crippen molar-refractivity contribution in [2.24, 2.45) is 7.05 Å². The zero-order valence-corrected chi connectivity index (χ0v) is 9.13. The molecule has 1 aromatic rings. The molecule has 0 aliphatic carbocycles. The molecule has 0 aromatic carbocycles. The van der Waals surface area contributed by atoms with Crippen molar-refractivity contribution in [1.82, 2.24) is 9.78 Å². The van der Waals surface area contributed by atoms with Crippen molar-refractivity contribution >= 4 is 5.70 Å². The lowest BCUT2D eigenvalue weighted by atomic mass is 10.2. The molecule has 0 saturated carbocycles. The summed E-state index contributed by atoms with van der Waals surface area (Å²) in [6.07, 6.45) is 2.02. The van der Waals surface area contributed by atoms with Crippen molar-refractivity contribution in [2.45, 2.75) is 6.92 Å². The van der Waals surface area contributed by atoms with Gasteiger partial charge >= 0.3 is 0 Å². The molecule has 13 heavy (non-hydrogen) atoms. The summed E-state index contributed by atoms with van der Waals surface area (Å²) in [5, 5.41) is 4.29. The number of aromatic nitrogens is 2. The van der Waals surface area contributed by atoms with Gasteiger partial charge in [-0.3, -0.25) is 9.16 Å². The Morgan fingerprint density at radius 3 is 2.31 bits per heavy atom. The Balaban J connectivity index is 3.09. The molecule has 0 N–H and O–H groups in total. The molecule has 0 fully saturated rings. The van der Waals surface area contributed by atoms with Gasteiger partial charge in [-0.25, -0.2) is 0 Å². The normalized spacial score (nSPS) is 11.8. The second-order valence-electron chi connectivity index (χ2n) is 4.26. The van der Waals surface area contributed by atoms with Crippen LogP contribution in [-0.4, -0.2) is 35.4 Å². The first-order valence-electron chi connectivity index (χ1n) is 4.34. The van der Waals surface area contributed by atoms with E-state index in [-0.39, 0.29) is 0 Å². The minimum absolute atomic E-state index is 0.743. The van der Waals surface area contributed by atoms with Crippen molar-refractivity contribution < 1.29 is 4.48 Å². The van der Waals surface area contributed by atoms with E-state index in [1.165, 1.54) is 0 Å². The molecule has 0 aliphatic heterocycles. The van der Waals surface area contributed by atoms with Crippen LogP contribution in [0.1, 0.15) is 11.3 Å². The molecule has 1 aromatic heterocycles. The third kappa shape index (κ3) is 1.98. The zero-order chi connectivity index (χ0) is 10.2. The highest BCUT2D eigenvalue weighted by Gasteiger charge is 2.19. The fraction of sp³-hybridized carbons (Fsp3) is 0.500. The van der Waals surface area contributed by atoms with Gasteiger partial charge in [0.15, 0.2) is 0 Å². The maximum Gasteiger partial charge on any atom is 0.135 e. The molecule has 0 saturated heterocycles. The highest BCUT2D eigenvalue weighted by Crippen LogP contribution is 2.21. The molecular formula is C10H18N3+. The predicted molar refractivity (Wildman–Crippen MR) is 55.0 cm³/mol. The second kappa shape index (κ2) is 3.00. The van der Waals surface area contributed by atoms with Crippen LogP contribution in [-0.2, 0) is 7.05 Å². The molecule has 0 spiro atoms. The van der Waals surface area contributed by atoms with Crippen molar-refractivity contribution in [2.75, 3.05) is 21.1 Å². The maximum atomic E-state index is 4.29. The minimum Gasteiger partial charge on any atom is -0.298 e. The highest BCUT2D eigenvalue weighted by atomic mass is 15.3. The maximum absolute atomic E-state index is 4.29. The third-order valence-corrected chi connectivity index (χ3v) is 2.13. The Bertz CT molecular complexity index is 328. The first-order chi connectivity index (χ1) is 5.82. The Kier molecular flexibility index (Phi) is 2.30. The van der Waals surface area contributed by atoms with E-state index in [0.29, 0.717) is 0 Å². The molecular weight excluding hydrogens is 162 g/mol. The number of rotatable bonds is 2. The van der Waals surface area contributed by atoms with E-state index in [0.717, 1.165) is 21.4 Å². The van der Waals surface area contributed by atoms with Gasteiger partial charge in [-0.05, 0) is 13.5 Å². The van der Waals surface area contributed by atoms with E-state index in [1.807, 2.05) is 24.9 Å². The van der Waals surface area contributed by atoms with E-state index in [1.54, 1.807) is 0 Å². The number of aryl methyl sites for hydroxylation is 2. The summed E-state index contributed by atoms with van der Waals surface area (Å²) in [5.74, 6) is 0. The average molecular weight is 180 g/mol. The summed E-state index contributed by atoms with van der Waals surface area (Å²) < 4.78 is 2.57. The van der Waals surface area contributed by atoms with Gasteiger partial charge in [0.1, 0.15) is 5.70 Å². The lowest BCUT2D eigenvalue weighted by molar-refractivity contribution is -0.795. The second-order valence-corrected chi connectivity index (χ2v) is 4.26. The van der Waals surface area contributed by atoms with Crippen molar-refractivity contribution in [3.05, 3.63) is 24.0 Å². The van der Waals surface area contributed by atoms with Gasteiger partial charge in [-0.15, -0.1) is 0 Å². The van der Waals surface area contributed by atoms with Gasteiger partial charge in [0.2, 0.25) is 0 Å². The number of hydrogen-bond acceptors (Lipinski definition) is 1.